The second-order valence-corrected chi connectivity index (χ2v) is 8.91. The Morgan fingerprint density at radius 2 is 1.67 bits per heavy atom. The van der Waals surface area contributed by atoms with Crippen LogP contribution >= 0.6 is 0 Å². The predicted octanol–water partition coefficient (Wildman–Crippen LogP) is 5.74. The van der Waals surface area contributed by atoms with E-state index < -0.39 is 22.8 Å². The minimum Gasteiger partial charge on any atom is -0.488 e. The first kappa shape index (κ1) is 22.6. The van der Waals surface area contributed by atoms with E-state index in [2.05, 4.69) is 15.3 Å². The van der Waals surface area contributed by atoms with Crippen LogP contribution in [0.5, 0.6) is 5.75 Å². The van der Waals surface area contributed by atoms with Gasteiger partial charge in [0.05, 0.1) is 6.54 Å². The van der Waals surface area contributed by atoms with Gasteiger partial charge in [-0.3, -0.25) is 0 Å². The number of hydrogen-bond acceptors (Lipinski definition) is 4. The van der Waals surface area contributed by atoms with Gasteiger partial charge in [-0.25, -0.2) is 4.79 Å². The zero-order valence-electron chi connectivity index (χ0n) is 17.5. The van der Waals surface area contributed by atoms with Gasteiger partial charge < -0.3 is 14.8 Å². The summed E-state index contributed by atoms with van der Waals surface area (Å²) in [6.07, 6.45) is 1.06. The molecule has 0 bridgehead atoms. The first-order valence-corrected chi connectivity index (χ1v) is 9.12. The maximum atomic E-state index is 12.0. The fourth-order valence-electron chi connectivity index (χ4n) is 2.40. The molecule has 1 rings (SSSR count). The molecule has 0 heterocycles. The summed E-state index contributed by atoms with van der Waals surface area (Å²) in [5.41, 5.74) is 7.96. The third kappa shape index (κ3) is 9.75. The molecule has 27 heavy (non-hydrogen) atoms. The number of azide groups is 1. The van der Waals surface area contributed by atoms with E-state index in [1.165, 1.54) is 0 Å². The van der Waals surface area contributed by atoms with E-state index >= 15 is 0 Å². The van der Waals surface area contributed by atoms with Crippen molar-refractivity contribution in [2.24, 2.45) is 5.11 Å². The minimum absolute atomic E-state index is 0.324. The maximum Gasteiger partial charge on any atom is 0.408 e. The van der Waals surface area contributed by atoms with Gasteiger partial charge in [0.2, 0.25) is 0 Å². The lowest BCUT2D eigenvalue weighted by Crippen LogP contribution is -2.47. The Morgan fingerprint density at radius 3 is 2.19 bits per heavy atom. The third-order valence-electron chi connectivity index (χ3n) is 3.83. The van der Waals surface area contributed by atoms with E-state index in [1.807, 2.05) is 72.7 Å². The van der Waals surface area contributed by atoms with E-state index in [1.54, 1.807) is 0 Å². The summed E-state index contributed by atoms with van der Waals surface area (Å²) in [5, 5.41) is 6.46. The molecule has 1 aromatic carbocycles. The summed E-state index contributed by atoms with van der Waals surface area (Å²) in [4.78, 5) is 14.8. The third-order valence-corrected chi connectivity index (χ3v) is 3.83. The van der Waals surface area contributed by atoms with Crippen molar-refractivity contribution in [1.29, 1.82) is 0 Å². The lowest BCUT2D eigenvalue weighted by atomic mass is 9.91. The second-order valence-electron chi connectivity index (χ2n) is 8.91. The van der Waals surface area contributed by atoms with E-state index in [-0.39, 0.29) is 0 Å². The number of rotatable bonds is 8. The average Bonchev–Trinajstić information content (AvgIpc) is 2.50. The van der Waals surface area contributed by atoms with E-state index in [0.717, 1.165) is 24.2 Å². The monoisotopic (exact) mass is 376 g/mol. The molecule has 7 heteroatoms. The van der Waals surface area contributed by atoms with Crippen LogP contribution in [0.4, 0.5) is 4.79 Å². The molecule has 0 atom stereocenters. The Bertz CT molecular complexity index is 669. The van der Waals surface area contributed by atoms with Gasteiger partial charge in [0, 0.05) is 10.5 Å². The van der Waals surface area contributed by atoms with Gasteiger partial charge in [-0.05, 0) is 84.5 Å². The quantitative estimate of drug-likeness (QED) is 0.356. The van der Waals surface area contributed by atoms with Crippen LogP contribution in [-0.4, -0.2) is 22.8 Å². The van der Waals surface area contributed by atoms with Crippen molar-refractivity contribution in [2.45, 2.75) is 84.6 Å². The SMILES string of the molecule is CC(C)(CCC(C)(C)Oc1ccc(CN=[N+]=[N-])cc1)NC(=O)OC(C)(C)C. The number of hydrogen-bond donors (Lipinski definition) is 1. The van der Waals surface area contributed by atoms with Gasteiger partial charge >= 0.3 is 6.09 Å². The zero-order chi connectivity index (χ0) is 20.7. The molecule has 0 saturated heterocycles. The molecule has 7 nitrogen and oxygen atoms in total. The predicted molar refractivity (Wildman–Crippen MR) is 107 cm³/mol. The lowest BCUT2D eigenvalue weighted by Gasteiger charge is -2.33. The smallest absolute Gasteiger partial charge is 0.408 e. The highest BCUT2D eigenvalue weighted by molar-refractivity contribution is 5.68. The molecular formula is C20H32N4O3. The molecule has 0 radical (unpaired) electrons. The van der Waals surface area contributed by atoms with Crippen molar-refractivity contribution < 1.29 is 14.3 Å². The van der Waals surface area contributed by atoms with Crippen LogP contribution in [0.15, 0.2) is 29.4 Å². The summed E-state index contributed by atoms with van der Waals surface area (Å²) in [5.74, 6) is 0.752. The van der Waals surface area contributed by atoms with Gasteiger partial charge in [0.15, 0.2) is 0 Å². The molecule has 0 aliphatic carbocycles. The largest absolute Gasteiger partial charge is 0.488 e. The molecule has 0 aromatic heterocycles. The van der Waals surface area contributed by atoms with Crippen molar-refractivity contribution in [2.75, 3.05) is 0 Å². The number of alkyl carbamates (subject to hydrolysis) is 1. The van der Waals surface area contributed by atoms with Crippen molar-refractivity contribution in [3.63, 3.8) is 0 Å². The Balaban J connectivity index is 2.58. The molecule has 1 N–H and O–H groups in total. The van der Waals surface area contributed by atoms with Gasteiger partial charge in [-0.15, -0.1) is 0 Å². The van der Waals surface area contributed by atoms with Gasteiger partial charge in [-0.2, -0.15) is 0 Å². The van der Waals surface area contributed by atoms with E-state index in [9.17, 15) is 4.79 Å². The van der Waals surface area contributed by atoms with Crippen LogP contribution in [0.25, 0.3) is 10.4 Å². The normalized spacial score (nSPS) is 12.1. The fraction of sp³-hybridized carbons (Fsp3) is 0.650. The summed E-state index contributed by atoms with van der Waals surface area (Å²) in [6, 6.07) is 7.50. The standard InChI is InChI=1S/C20H32N4O3/c1-18(2,3)27-17(25)23-19(4,5)12-13-20(6,7)26-16-10-8-15(9-11-16)14-22-24-21/h8-11H,12-14H2,1-7H3,(H,23,25). The molecule has 0 unspecified atom stereocenters. The number of benzene rings is 1. The molecule has 150 valence electrons. The van der Waals surface area contributed by atoms with Crippen LogP contribution in [0, 0.1) is 0 Å². The topological polar surface area (TPSA) is 96.3 Å². The molecule has 0 aliphatic heterocycles. The molecule has 0 aliphatic rings. The van der Waals surface area contributed by atoms with Gasteiger partial charge in [-0.1, -0.05) is 17.2 Å². The molecule has 0 saturated carbocycles. The number of nitrogens with zero attached hydrogens (tertiary/aromatic N) is 3. The van der Waals surface area contributed by atoms with Gasteiger partial charge in [0.25, 0.3) is 0 Å². The first-order valence-electron chi connectivity index (χ1n) is 9.12. The van der Waals surface area contributed by atoms with Crippen LogP contribution in [0.2, 0.25) is 0 Å². The zero-order valence-corrected chi connectivity index (χ0v) is 17.5. The molecule has 0 fully saturated rings. The molecular weight excluding hydrogens is 344 g/mol. The summed E-state index contributed by atoms with van der Waals surface area (Å²) in [6.45, 7) is 13.8. The Morgan fingerprint density at radius 1 is 1.07 bits per heavy atom. The van der Waals surface area contributed by atoms with Crippen LogP contribution in [-0.2, 0) is 11.3 Å². The second kappa shape index (κ2) is 9.00. The Kier molecular flexibility index (Phi) is 7.55. The minimum atomic E-state index is -0.521. The van der Waals surface area contributed by atoms with Crippen LogP contribution in [0.3, 0.4) is 0 Å². The van der Waals surface area contributed by atoms with Crippen molar-refractivity contribution >= 4 is 6.09 Å². The first-order chi connectivity index (χ1) is 12.3. The lowest BCUT2D eigenvalue weighted by molar-refractivity contribution is 0.0434. The Labute approximate surface area is 162 Å². The van der Waals surface area contributed by atoms with Crippen molar-refractivity contribution in [3.8, 4) is 5.75 Å². The molecule has 1 aromatic rings. The van der Waals surface area contributed by atoms with Crippen LogP contribution < -0.4 is 10.1 Å². The van der Waals surface area contributed by atoms with Crippen LogP contribution in [0.1, 0.15) is 66.9 Å². The molecule has 0 spiro atoms. The summed E-state index contributed by atoms with van der Waals surface area (Å²) in [7, 11) is 0. The highest BCUT2D eigenvalue weighted by atomic mass is 16.6. The maximum absolute atomic E-state index is 12.0. The number of nitrogens with one attached hydrogen (secondary N) is 1. The Hall–Kier alpha value is -2.40. The highest BCUT2D eigenvalue weighted by Crippen LogP contribution is 2.26. The summed E-state index contributed by atoms with van der Waals surface area (Å²) >= 11 is 0. The highest BCUT2D eigenvalue weighted by Gasteiger charge is 2.28. The average molecular weight is 377 g/mol. The van der Waals surface area contributed by atoms with Crippen molar-refractivity contribution in [3.05, 3.63) is 40.3 Å². The summed E-state index contributed by atoms with van der Waals surface area (Å²) < 4.78 is 11.4. The number of amides is 1. The van der Waals surface area contributed by atoms with Crippen molar-refractivity contribution in [1.82, 2.24) is 5.32 Å². The molecule has 1 amide bonds. The van der Waals surface area contributed by atoms with E-state index in [4.69, 9.17) is 15.0 Å². The number of ether oxygens (including phenoxy) is 2. The number of carbonyl (C=O) groups is 1. The fourth-order valence-corrected chi connectivity index (χ4v) is 2.40. The van der Waals surface area contributed by atoms with E-state index in [0.29, 0.717) is 6.54 Å². The number of carbonyl (C=O) groups excluding carboxylic acids is 1. The van der Waals surface area contributed by atoms with Gasteiger partial charge in [0.1, 0.15) is 17.0 Å².